The molecule has 3 aromatic rings. The van der Waals surface area contributed by atoms with E-state index in [-0.39, 0.29) is 12.5 Å². The minimum Gasteiger partial charge on any atom is -0.348 e. The number of carbonyl (C=O) groups is 1. The zero-order chi connectivity index (χ0) is 25.7. The number of rotatable bonds is 9. The molecule has 0 atom stereocenters. The smallest absolute Gasteiger partial charge is 0.251 e. The van der Waals surface area contributed by atoms with E-state index < -0.39 is 10.0 Å². The van der Waals surface area contributed by atoms with Crippen LogP contribution in [0.2, 0.25) is 0 Å². The second-order valence-electron chi connectivity index (χ2n) is 9.75. The fourth-order valence-electron chi connectivity index (χ4n) is 4.77. The van der Waals surface area contributed by atoms with E-state index in [0.717, 1.165) is 41.9 Å². The largest absolute Gasteiger partial charge is 0.348 e. The van der Waals surface area contributed by atoms with Crippen LogP contribution in [0.1, 0.15) is 51.0 Å². The number of likely N-dealkylation sites (tertiary alicyclic amines) is 1. The Balaban J connectivity index is 1.42. The van der Waals surface area contributed by atoms with Crippen LogP contribution in [0.3, 0.4) is 0 Å². The molecule has 0 aromatic heterocycles. The first-order valence-corrected chi connectivity index (χ1v) is 14.3. The SMILES string of the molecule is Cc1cc(C)cc(N(Cc2ccc(C(=O)NCc3ccccc3CN3CCCC3)cc2)S(C)(=O)=O)c1. The van der Waals surface area contributed by atoms with Crippen LogP contribution in [0.4, 0.5) is 5.69 Å². The number of nitrogens with zero attached hydrogens (tertiary/aromatic N) is 2. The summed E-state index contributed by atoms with van der Waals surface area (Å²) < 4.78 is 26.5. The van der Waals surface area contributed by atoms with Crippen LogP contribution in [0.25, 0.3) is 0 Å². The Morgan fingerprint density at radius 2 is 1.53 bits per heavy atom. The third-order valence-corrected chi connectivity index (χ3v) is 7.73. The average molecular weight is 506 g/mol. The molecule has 1 N–H and O–H groups in total. The standard InChI is InChI=1S/C29H35N3O3S/c1-22-16-23(2)18-28(17-22)32(36(3,34)35)20-24-10-12-25(13-11-24)29(33)30-19-26-8-4-5-9-27(26)21-31-14-6-7-15-31/h4-5,8-13,16-18H,6-7,14-15,19-21H2,1-3H3,(H,30,33). The van der Waals surface area contributed by atoms with E-state index in [9.17, 15) is 13.2 Å². The van der Waals surface area contributed by atoms with Gasteiger partial charge in [-0.3, -0.25) is 14.0 Å². The Labute approximate surface area is 215 Å². The van der Waals surface area contributed by atoms with E-state index in [1.807, 2.05) is 56.3 Å². The third-order valence-electron chi connectivity index (χ3n) is 6.59. The number of sulfonamides is 1. The van der Waals surface area contributed by atoms with Crippen molar-refractivity contribution in [2.24, 2.45) is 0 Å². The predicted octanol–water partition coefficient (Wildman–Crippen LogP) is 4.80. The molecule has 3 aromatic carbocycles. The van der Waals surface area contributed by atoms with Gasteiger partial charge in [0.15, 0.2) is 0 Å². The van der Waals surface area contributed by atoms with Crippen LogP contribution in [0.5, 0.6) is 0 Å². The Hall–Kier alpha value is -3.16. The molecule has 0 bridgehead atoms. The van der Waals surface area contributed by atoms with Gasteiger partial charge >= 0.3 is 0 Å². The number of aryl methyl sites for hydroxylation is 2. The van der Waals surface area contributed by atoms with Gasteiger partial charge in [0.05, 0.1) is 18.5 Å². The minimum atomic E-state index is -3.48. The molecule has 0 saturated carbocycles. The summed E-state index contributed by atoms with van der Waals surface area (Å²) in [6, 6.07) is 21.2. The molecule has 4 rings (SSSR count). The number of hydrogen-bond donors (Lipinski definition) is 1. The Bertz CT molecular complexity index is 1290. The average Bonchev–Trinajstić information content (AvgIpc) is 3.34. The van der Waals surface area contributed by atoms with Gasteiger partial charge in [-0.2, -0.15) is 0 Å². The summed E-state index contributed by atoms with van der Waals surface area (Å²) in [5.74, 6) is -0.146. The Morgan fingerprint density at radius 1 is 0.917 bits per heavy atom. The maximum absolute atomic E-state index is 12.8. The molecule has 1 saturated heterocycles. The molecule has 7 heteroatoms. The lowest BCUT2D eigenvalue weighted by Gasteiger charge is -2.23. The Morgan fingerprint density at radius 3 is 2.14 bits per heavy atom. The summed E-state index contributed by atoms with van der Waals surface area (Å²) >= 11 is 0. The first-order chi connectivity index (χ1) is 17.2. The second kappa shape index (κ2) is 11.3. The van der Waals surface area contributed by atoms with Gasteiger partial charge in [0.2, 0.25) is 10.0 Å². The zero-order valence-electron chi connectivity index (χ0n) is 21.3. The van der Waals surface area contributed by atoms with E-state index >= 15 is 0 Å². The van der Waals surface area contributed by atoms with Crippen molar-refractivity contribution in [2.75, 3.05) is 23.7 Å². The lowest BCUT2D eigenvalue weighted by atomic mass is 10.1. The molecular weight excluding hydrogens is 470 g/mol. The number of anilines is 1. The van der Waals surface area contributed by atoms with Crippen LogP contribution >= 0.6 is 0 Å². The van der Waals surface area contributed by atoms with Crippen molar-refractivity contribution < 1.29 is 13.2 Å². The van der Waals surface area contributed by atoms with Gasteiger partial charge in [0.25, 0.3) is 5.91 Å². The maximum Gasteiger partial charge on any atom is 0.251 e. The van der Waals surface area contributed by atoms with Gasteiger partial charge in [0, 0.05) is 18.7 Å². The molecular formula is C29H35N3O3S. The Kier molecular flexibility index (Phi) is 8.11. The van der Waals surface area contributed by atoms with Crippen LogP contribution in [-0.4, -0.2) is 38.6 Å². The van der Waals surface area contributed by atoms with Crippen LogP contribution in [0, 0.1) is 13.8 Å². The quantitative estimate of drug-likeness (QED) is 0.454. The zero-order valence-corrected chi connectivity index (χ0v) is 22.1. The van der Waals surface area contributed by atoms with Crippen LogP contribution < -0.4 is 9.62 Å². The van der Waals surface area contributed by atoms with E-state index in [1.165, 1.54) is 29.0 Å². The van der Waals surface area contributed by atoms with Gasteiger partial charge in [-0.1, -0.05) is 42.5 Å². The predicted molar refractivity (Wildman–Crippen MR) is 146 cm³/mol. The van der Waals surface area contributed by atoms with Crippen molar-refractivity contribution in [3.8, 4) is 0 Å². The van der Waals surface area contributed by atoms with Crippen molar-refractivity contribution in [2.45, 2.75) is 46.3 Å². The highest BCUT2D eigenvalue weighted by Crippen LogP contribution is 2.24. The number of hydrogen-bond acceptors (Lipinski definition) is 4. The first kappa shape index (κ1) is 25.9. The summed E-state index contributed by atoms with van der Waals surface area (Å²) in [5, 5.41) is 3.04. The lowest BCUT2D eigenvalue weighted by Crippen LogP contribution is -2.29. The maximum atomic E-state index is 12.8. The highest BCUT2D eigenvalue weighted by molar-refractivity contribution is 7.92. The van der Waals surface area contributed by atoms with Gasteiger partial charge in [-0.25, -0.2) is 8.42 Å². The highest BCUT2D eigenvalue weighted by Gasteiger charge is 2.19. The second-order valence-corrected chi connectivity index (χ2v) is 11.7. The molecule has 0 spiro atoms. The van der Waals surface area contributed by atoms with Crippen molar-refractivity contribution in [1.82, 2.24) is 10.2 Å². The van der Waals surface area contributed by atoms with Gasteiger partial charge in [-0.15, -0.1) is 0 Å². The summed E-state index contributed by atoms with van der Waals surface area (Å²) in [6.45, 7) is 7.76. The fraction of sp³-hybridized carbons (Fsp3) is 0.345. The number of carbonyl (C=O) groups excluding carboxylic acids is 1. The normalized spacial score (nSPS) is 14.1. The van der Waals surface area contributed by atoms with Crippen molar-refractivity contribution in [1.29, 1.82) is 0 Å². The van der Waals surface area contributed by atoms with Gasteiger partial charge < -0.3 is 5.32 Å². The van der Waals surface area contributed by atoms with Crippen molar-refractivity contribution in [3.05, 3.63) is 100 Å². The molecule has 1 heterocycles. The molecule has 0 radical (unpaired) electrons. The summed E-state index contributed by atoms with van der Waals surface area (Å²) in [5.41, 5.74) is 6.40. The van der Waals surface area contributed by atoms with Crippen molar-refractivity contribution in [3.63, 3.8) is 0 Å². The van der Waals surface area contributed by atoms with Crippen LogP contribution in [0.15, 0.2) is 66.7 Å². The monoisotopic (exact) mass is 505 g/mol. The van der Waals surface area contributed by atoms with E-state index in [2.05, 4.69) is 22.3 Å². The van der Waals surface area contributed by atoms with Gasteiger partial charge in [0.1, 0.15) is 0 Å². The number of nitrogens with one attached hydrogen (secondary N) is 1. The van der Waals surface area contributed by atoms with Crippen LogP contribution in [-0.2, 0) is 29.7 Å². The fourth-order valence-corrected chi connectivity index (χ4v) is 5.64. The molecule has 0 unspecified atom stereocenters. The van der Waals surface area contributed by atoms with Crippen molar-refractivity contribution >= 4 is 21.6 Å². The third kappa shape index (κ3) is 6.74. The van der Waals surface area contributed by atoms with E-state index in [1.54, 1.807) is 12.1 Å². The molecule has 1 fully saturated rings. The minimum absolute atomic E-state index is 0.146. The molecule has 1 amide bonds. The molecule has 1 aliphatic heterocycles. The lowest BCUT2D eigenvalue weighted by molar-refractivity contribution is 0.0950. The number of amides is 1. The summed E-state index contributed by atoms with van der Waals surface area (Å²) in [7, 11) is -3.48. The first-order valence-electron chi connectivity index (χ1n) is 12.4. The highest BCUT2D eigenvalue weighted by atomic mass is 32.2. The molecule has 0 aliphatic carbocycles. The van der Waals surface area contributed by atoms with E-state index in [4.69, 9.17) is 0 Å². The molecule has 190 valence electrons. The summed E-state index contributed by atoms with van der Waals surface area (Å²) in [4.78, 5) is 15.3. The molecule has 1 aliphatic rings. The number of benzene rings is 3. The van der Waals surface area contributed by atoms with Gasteiger partial charge in [-0.05, 0) is 91.9 Å². The van der Waals surface area contributed by atoms with E-state index in [0.29, 0.717) is 17.8 Å². The molecule has 6 nitrogen and oxygen atoms in total. The topological polar surface area (TPSA) is 69.7 Å². The summed E-state index contributed by atoms with van der Waals surface area (Å²) in [6.07, 6.45) is 3.72. The molecule has 36 heavy (non-hydrogen) atoms.